The first-order valence-electron chi connectivity index (χ1n) is 5.84. The number of nitrogens with zero attached hydrogens (tertiary/aromatic N) is 2. The van der Waals surface area contributed by atoms with Crippen LogP contribution in [0.5, 0.6) is 5.75 Å². The van der Waals surface area contributed by atoms with Crippen molar-refractivity contribution in [3.8, 4) is 29.2 Å². The maximum absolute atomic E-state index is 5.45. The van der Waals surface area contributed by atoms with Crippen LogP contribution in [0.3, 0.4) is 0 Å². The van der Waals surface area contributed by atoms with Gasteiger partial charge in [0.1, 0.15) is 5.75 Å². The largest absolute Gasteiger partial charge is 0.497 e. The van der Waals surface area contributed by atoms with Gasteiger partial charge in [0, 0.05) is 23.4 Å². The van der Waals surface area contributed by atoms with Gasteiger partial charge in [-0.15, -0.1) is 6.42 Å². The highest BCUT2D eigenvalue weighted by atomic mass is 16.5. The molecule has 0 aliphatic heterocycles. The van der Waals surface area contributed by atoms with Crippen molar-refractivity contribution in [3.63, 3.8) is 0 Å². The third kappa shape index (κ3) is 2.38. The molecule has 1 aromatic carbocycles. The molecule has 18 heavy (non-hydrogen) atoms. The quantitative estimate of drug-likeness (QED) is 0.771. The van der Waals surface area contributed by atoms with Crippen molar-refractivity contribution in [2.75, 3.05) is 7.11 Å². The van der Waals surface area contributed by atoms with E-state index in [0.717, 1.165) is 22.4 Å². The molecule has 2 aromatic rings. The van der Waals surface area contributed by atoms with Crippen LogP contribution in [0.1, 0.15) is 25.5 Å². The lowest BCUT2D eigenvalue weighted by molar-refractivity contribution is 0.415. The minimum Gasteiger partial charge on any atom is -0.497 e. The maximum atomic E-state index is 5.45. The number of benzene rings is 1. The molecule has 0 amide bonds. The van der Waals surface area contributed by atoms with Crippen LogP contribution < -0.4 is 4.74 Å². The molecule has 0 aliphatic rings. The van der Waals surface area contributed by atoms with Crippen molar-refractivity contribution < 1.29 is 4.74 Å². The summed E-state index contributed by atoms with van der Waals surface area (Å²) in [5.74, 6) is 3.40. The Hall–Kier alpha value is -2.21. The molecule has 0 N–H and O–H groups in total. The minimum absolute atomic E-state index is 0.344. The van der Waals surface area contributed by atoms with Crippen LogP contribution in [0, 0.1) is 12.3 Å². The summed E-state index contributed by atoms with van der Waals surface area (Å²) in [6.45, 7) is 4.18. The molecule has 0 saturated carbocycles. The second-order valence-electron chi connectivity index (χ2n) is 4.40. The van der Waals surface area contributed by atoms with E-state index in [4.69, 9.17) is 11.2 Å². The van der Waals surface area contributed by atoms with Crippen LogP contribution >= 0.6 is 0 Å². The number of hydrogen-bond donors (Lipinski definition) is 0. The van der Waals surface area contributed by atoms with Gasteiger partial charge in [-0.1, -0.05) is 5.92 Å². The first-order valence-corrected chi connectivity index (χ1v) is 5.84. The van der Waals surface area contributed by atoms with E-state index in [9.17, 15) is 0 Å². The van der Waals surface area contributed by atoms with Crippen LogP contribution in [0.4, 0.5) is 0 Å². The summed E-state index contributed by atoms with van der Waals surface area (Å²) in [7, 11) is 1.64. The molecule has 0 saturated heterocycles. The average molecular weight is 240 g/mol. The molecule has 0 fully saturated rings. The van der Waals surface area contributed by atoms with E-state index >= 15 is 0 Å². The van der Waals surface area contributed by atoms with Crippen molar-refractivity contribution in [3.05, 3.63) is 36.2 Å². The first kappa shape index (κ1) is 12.3. The molecule has 3 heteroatoms. The van der Waals surface area contributed by atoms with Crippen LogP contribution in [-0.4, -0.2) is 16.9 Å². The molecule has 0 atom stereocenters. The number of rotatable bonds is 3. The minimum atomic E-state index is 0.344. The van der Waals surface area contributed by atoms with E-state index in [1.54, 1.807) is 7.11 Å². The van der Waals surface area contributed by atoms with E-state index < -0.39 is 0 Å². The Balaban J connectivity index is 2.46. The molecule has 0 radical (unpaired) electrons. The Labute approximate surface area is 107 Å². The van der Waals surface area contributed by atoms with Gasteiger partial charge in [0.05, 0.1) is 13.3 Å². The number of methoxy groups -OCH3 is 1. The molecular formula is C15H16N2O. The van der Waals surface area contributed by atoms with Gasteiger partial charge in [-0.05, 0) is 37.6 Å². The second-order valence-corrected chi connectivity index (χ2v) is 4.40. The number of aromatic nitrogens is 2. The predicted molar refractivity (Wildman–Crippen MR) is 72.5 cm³/mol. The summed E-state index contributed by atoms with van der Waals surface area (Å²) in [4.78, 5) is 0. The number of hydrogen-bond acceptors (Lipinski definition) is 2. The SMILES string of the molecule is C#Cc1cc(OC)cc(-c2cnn(C(C)C)c2)c1. The fourth-order valence-electron chi connectivity index (χ4n) is 1.74. The maximum Gasteiger partial charge on any atom is 0.120 e. The molecule has 1 aromatic heterocycles. The Morgan fingerprint density at radius 2 is 2.06 bits per heavy atom. The number of ether oxygens (including phenoxy) is 1. The van der Waals surface area contributed by atoms with Crippen molar-refractivity contribution >= 4 is 0 Å². The van der Waals surface area contributed by atoms with Gasteiger partial charge in [0.2, 0.25) is 0 Å². The first-order chi connectivity index (χ1) is 8.63. The number of terminal acetylenes is 1. The summed E-state index contributed by atoms with van der Waals surface area (Å²) in [5, 5.41) is 4.33. The van der Waals surface area contributed by atoms with Gasteiger partial charge in [-0.25, -0.2) is 0 Å². The zero-order chi connectivity index (χ0) is 13.1. The van der Waals surface area contributed by atoms with E-state index in [-0.39, 0.29) is 0 Å². The molecule has 0 unspecified atom stereocenters. The summed E-state index contributed by atoms with van der Waals surface area (Å²) < 4.78 is 7.17. The van der Waals surface area contributed by atoms with Crippen molar-refractivity contribution in [2.24, 2.45) is 0 Å². The van der Waals surface area contributed by atoms with Crippen LogP contribution in [-0.2, 0) is 0 Å². The standard InChI is InChI=1S/C15H16N2O/c1-5-12-6-13(8-15(7-12)18-4)14-9-16-17(10-14)11(2)3/h1,6-11H,2-4H3. The van der Waals surface area contributed by atoms with Crippen molar-refractivity contribution in [2.45, 2.75) is 19.9 Å². The zero-order valence-corrected chi connectivity index (χ0v) is 10.8. The molecule has 3 nitrogen and oxygen atoms in total. The zero-order valence-electron chi connectivity index (χ0n) is 10.8. The monoisotopic (exact) mass is 240 g/mol. The Kier molecular flexibility index (Phi) is 3.38. The van der Waals surface area contributed by atoms with Crippen LogP contribution in [0.2, 0.25) is 0 Å². The molecule has 0 bridgehead atoms. The van der Waals surface area contributed by atoms with Gasteiger partial charge in [-0.3, -0.25) is 4.68 Å². The topological polar surface area (TPSA) is 27.1 Å². The fraction of sp³-hybridized carbons (Fsp3) is 0.267. The molecule has 1 heterocycles. The fourth-order valence-corrected chi connectivity index (χ4v) is 1.74. The van der Waals surface area contributed by atoms with E-state index in [2.05, 4.69) is 24.9 Å². The third-order valence-corrected chi connectivity index (χ3v) is 2.77. The molecule has 0 aliphatic carbocycles. The highest BCUT2D eigenvalue weighted by Crippen LogP contribution is 2.26. The van der Waals surface area contributed by atoms with E-state index in [1.807, 2.05) is 35.3 Å². The summed E-state index contributed by atoms with van der Waals surface area (Å²) in [6, 6.07) is 6.11. The van der Waals surface area contributed by atoms with Crippen molar-refractivity contribution in [1.82, 2.24) is 9.78 Å². The lowest BCUT2D eigenvalue weighted by Crippen LogP contribution is -1.99. The van der Waals surface area contributed by atoms with Gasteiger partial charge in [-0.2, -0.15) is 5.10 Å². The second kappa shape index (κ2) is 4.97. The highest BCUT2D eigenvalue weighted by Gasteiger charge is 2.06. The summed E-state index contributed by atoms with van der Waals surface area (Å²) >= 11 is 0. The third-order valence-electron chi connectivity index (χ3n) is 2.77. The van der Waals surface area contributed by atoms with E-state index in [1.165, 1.54) is 0 Å². The Morgan fingerprint density at radius 3 is 2.61 bits per heavy atom. The van der Waals surface area contributed by atoms with E-state index in [0.29, 0.717) is 6.04 Å². The molecule has 0 spiro atoms. The summed E-state index contributed by atoms with van der Waals surface area (Å²) in [6.07, 6.45) is 9.30. The van der Waals surface area contributed by atoms with Crippen LogP contribution in [0.15, 0.2) is 30.6 Å². The van der Waals surface area contributed by atoms with Gasteiger partial charge in [0.15, 0.2) is 0 Å². The molecule has 92 valence electrons. The predicted octanol–water partition coefficient (Wildman–Crippen LogP) is 3.12. The normalized spacial score (nSPS) is 10.4. The Morgan fingerprint density at radius 1 is 1.28 bits per heavy atom. The highest BCUT2D eigenvalue weighted by molar-refractivity contribution is 5.66. The van der Waals surface area contributed by atoms with Gasteiger partial charge < -0.3 is 4.74 Å². The smallest absolute Gasteiger partial charge is 0.120 e. The summed E-state index contributed by atoms with van der Waals surface area (Å²) in [5.41, 5.74) is 2.87. The molecule has 2 rings (SSSR count). The lowest BCUT2D eigenvalue weighted by atomic mass is 10.1. The van der Waals surface area contributed by atoms with Crippen molar-refractivity contribution in [1.29, 1.82) is 0 Å². The Bertz CT molecular complexity index is 591. The van der Waals surface area contributed by atoms with Crippen LogP contribution in [0.25, 0.3) is 11.1 Å². The molecular weight excluding hydrogens is 224 g/mol. The van der Waals surface area contributed by atoms with Gasteiger partial charge in [0.25, 0.3) is 0 Å². The lowest BCUT2D eigenvalue weighted by Gasteiger charge is -2.05. The van der Waals surface area contributed by atoms with Gasteiger partial charge >= 0.3 is 0 Å². The average Bonchev–Trinajstić information content (AvgIpc) is 2.87.